The molecule has 1 aliphatic rings. The summed E-state index contributed by atoms with van der Waals surface area (Å²) in [4.78, 5) is 2.62. The van der Waals surface area contributed by atoms with E-state index in [1.807, 2.05) is 17.8 Å². The standard InChI is InChI=1S/C12H11S/c1-3-7-11(8-4-1)13-12-9-5-2-6-10-12/h1,3-10H,2H2. The highest BCUT2D eigenvalue weighted by atomic mass is 32.2. The lowest BCUT2D eigenvalue weighted by Crippen LogP contribution is -1.80. The highest BCUT2D eigenvalue weighted by Crippen LogP contribution is 2.29. The molecule has 13 heavy (non-hydrogen) atoms. The Balaban J connectivity index is 2.06. The van der Waals surface area contributed by atoms with Gasteiger partial charge in [0.05, 0.1) is 0 Å². The molecule has 0 unspecified atom stereocenters. The third-order valence-electron chi connectivity index (χ3n) is 1.82. The van der Waals surface area contributed by atoms with Gasteiger partial charge in [0.1, 0.15) is 0 Å². The fourth-order valence-electron chi connectivity index (χ4n) is 1.20. The first-order valence-electron chi connectivity index (χ1n) is 4.38. The van der Waals surface area contributed by atoms with Crippen LogP contribution >= 0.6 is 11.8 Å². The summed E-state index contributed by atoms with van der Waals surface area (Å²) in [6.07, 6.45) is 9.80. The molecule has 2 rings (SSSR count). The summed E-state index contributed by atoms with van der Waals surface area (Å²) in [6.45, 7) is 0. The zero-order chi connectivity index (χ0) is 8.93. The van der Waals surface area contributed by atoms with Gasteiger partial charge in [0.2, 0.25) is 0 Å². The van der Waals surface area contributed by atoms with Gasteiger partial charge in [0.15, 0.2) is 0 Å². The summed E-state index contributed by atoms with van der Waals surface area (Å²) in [5.41, 5.74) is 0. The molecule has 1 aliphatic carbocycles. The molecule has 0 heterocycles. The van der Waals surface area contributed by atoms with Gasteiger partial charge in [-0.2, -0.15) is 0 Å². The van der Waals surface area contributed by atoms with Gasteiger partial charge in [-0.3, -0.25) is 0 Å². The summed E-state index contributed by atoms with van der Waals surface area (Å²) in [5, 5.41) is 0. The molecular weight excluding hydrogens is 176 g/mol. The number of allylic oxidation sites excluding steroid dienone is 3. The molecule has 0 aliphatic heterocycles. The predicted octanol–water partition coefficient (Wildman–Crippen LogP) is 3.83. The van der Waals surface area contributed by atoms with Crippen LogP contribution in [0.4, 0.5) is 0 Å². The second-order valence-corrected chi connectivity index (χ2v) is 4.00. The quantitative estimate of drug-likeness (QED) is 0.678. The minimum atomic E-state index is 1.07. The molecule has 0 amide bonds. The largest absolute Gasteiger partial charge is 0.0904 e. The molecule has 1 aromatic rings. The van der Waals surface area contributed by atoms with E-state index in [0.717, 1.165) is 6.42 Å². The average molecular weight is 187 g/mol. The molecule has 0 nitrogen and oxygen atoms in total. The lowest BCUT2D eigenvalue weighted by Gasteiger charge is -2.05. The first kappa shape index (κ1) is 8.64. The Morgan fingerprint density at radius 3 is 2.62 bits per heavy atom. The SMILES string of the molecule is [CH]1C=C(Sc2ccccc2)C=CC1. The summed E-state index contributed by atoms with van der Waals surface area (Å²) in [6, 6.07) is 10.4. The fourth-order valence-corrected chi connectivity index (χ4v) is 2.09. The number of rotatable bonds is 2. The molecule has 0 saturated heterocycles. The van der Waals surface area contributed by atoms with Crippen molar-refractivity contribution in [3.63, 3.8) is 0 Å². The molecule has 0 aromatic heterocycles. The zero-order valence-corrected chi connectivity index (χ0v) is 8.13. The van der Waals surface area contributed by atoms with Crippen molar-refractivity contribution in [2.45, 2.75) is 11.3 Å². The molecule has 1 heteroatoms. The van der Waals surface area contributed by atoms with Gasteiger partial charge in [-0.05, 0) is 25.0 Å². The molecule has 0 saturated carbocycles. The molecule has 0 spiro atoms. The van der Waals surface area contributed by atoms with E-state index in [1.54, 1.807) is 0 Å². The Labute approximate surface area is 83.4 Å². The predicted molar refractivity (Wildman–Crippen MR) is 58.4 cm³/mol. The number of hydrogen-bond donors (Lipinski definition) is 0. The molecule has 1 radical (unpaired) electrons. The topological polar surface area (TPSA) is 0 Å². The Morgan fingerprint density at radius 2 is 1.92 bits per heavy atom. The van der Waals surface area contributed by atoms with Crippen molar-refractivity contribution in [1.29, 1.82) is 0 Å². The minimum absolute atomic E-state index is 1.07. The van der Waals surface area contributed by atoms with Crippen LogP contribution in [0.3, 0.4) is 0 Å². The van der Waals surface area contributed by atoms with Crippen LogP contribution in [0.2, 0.25) is 0 Å². The van der Waals surface area contributed by atoms with Gasteiger partial charge in [0, 0.05) is 9.80 Å². The molecule has 0 fully saturated rings. The van der Waals surface area contributed by atoms with E-state index in [1.165, 1.54) is 9.80 Å². The van der Waals surface area contributed by atoms with Crippen molar-refractivity contribution in [2.24, 2.45) is 0 Å². The minimum Gasteiger partial charge on any atom is -0.0904 e. The van der Waals surface area contributed by atoms with Crippen LogP contribution in [0.15, 0.2) is 58.4 Å². The van der Waals surface area contributed by atoms with Crippen molar-refractivity contribution in [3.05, 3.63) is 59.9 Å². The van der Waals surface area contributed by atoms with Gasteiger partial charge in [0.25, 0.3) is 0 Å². The van der Waals surface area contributed by atoms with Gasteiger partial charge < -0.3 is 0 Å². The molecule has 0 bridgehead atoms. The first-order chi connectivity index (χ1) is 6.45. The van der Waals surface area contributed by atoms with E-state index in [9.17, 15) is 0 Å². The highest BCUT2D eigenvalue weighted by Gasteiger charge is 1.99. The van der Waals surface area contributed by atoms with Gasteiger partial charge in [-0.25, -0.2) is 0 Å². The van der Waals surface area contributed by atoms with Crippen LogP contribution in [0.1, 0.15) is 6.42 Å². The summed E-state index contributed by atoms with van der Waals surface area (Å²) in [7, 11) is 0. The lowest BCUT2D eigenvalue weighted by atomic mass is 10.2. The van der Waals surface area contributed by atoms with Crippen LogP contribution in [0, 0.1) is 6.42 Å². The van der Waals surface area contributed by atoms with Crippen LogP contribution in [-0.4, -0.2) is 0 Å². The summed E-state index contributed by atoms with van der Waals surface area (Å²) in [5.74, 6) is 0. The molecule has 0 atom stereocenters. The zero-order valence-electron chi connectivity index (χ0n) is 7.31. The Hall–Kier alpha value is -0.950. The second-order valence-electron chi connectivity index (χ2n) is 2.86. The first-order valence-corrected chi connectivity index (χ1v) is 5.20. The number of benzene rings is 1. The lowest BCUT2D eigenvalue weighted by molar-refractivity contribution is 1.26. The molecule has 65 valence electrons. The van der Waals surface area contributed by atoms with Crippen molar-refractivity contribution >= 4 is 11.8 Å². The van der Waals surface area contributed by atoms with E-state index in [-0.39, 0.29) is 0 Å². The van der Waals surface area contributed by atoms with Crippen LogP contribution < -0.4 is 0 Å². The van der Waals surface area contributed by atoms with Gasteiger partial charge in [-0.15, -0.1) is 0 Å². The van der Waals surface area contributed by atoms with E-state index >= 15 is 0 Å². The number of hydrogen-bond acceptors (Lipinski definition) is 1. The molecule has 1 aromatic carbocycles. The van der Waals surface area contributed by atoms with Crippen LogP contribution in [-0.2, 0) is 0 Å². The van der Waals surface area contributed by atoms with Crippen molar-refractivity contribution in [2.75, 3.05) is 0 Å². The third kappa shape index (κ3) is 2.49. The van der Waals surface area contributed by atoms with Gasteiger partial charge >= 0.3 is 0 Å². The van der Waals surface area contributed by atoms with Gasteiger partial charge in [-0.1, -0.05) is 48.2 Å². The van der Waals surface area contributed by atoms with Crippen LogP contribution in [0.5, 0.6) is 0 Å². The summed E-state index contributed by atoms with van der Waals surface area (Å²) < 4.78 is 0. The van der Waals surface area contributed by atoms with Crippen LogP contribution in [0.25, 0.3) is 0 Å². The van der Waals surface area contributed by atoms with Crippen molar-refractivity contribution in [3.8, 4) is 0 Å². The van der Waals surface area contributed by atoms with Crippen molar-refractivity contribution < 1.29 is 0 Å². The Morgan fingerprint density at radius 1 is 1.08 bits per heavy atom. The Kier molecular flexibility index (Phi) is 2.88. The second kappa shape index (κ2) is 4.33. The monoisotopic (exact) mass is 187 g/mol. The normalized spacial score (nSPS) is 15.5. The fraction of sp³-hybridized carbons (Fsp3) is 0.0833. The molecule has 0 N–H and O–H groups in total. The maximum atomic E-state index is 2.19. The third-order valence-corrected chi connectivity index (χ3v) is 2.83. The summed E-state index contributed by atoms with van der Waals surface area (Å²) >= 11 is 1.81. The maximum Gasteiger partial charge on any atom is 0.0122 e. The smallest absolute Gasteiger partial charge is 0.0122 e. The Bertz CT molecular complexity index is 322. The van der Waals surface area contributed by atoms with E-state index in [0.29, 0.717) is 0 Å². The number of thioether (sulfide) groups is 1. The van der Waals surface area contributed by atoms with E-state index in [2.05, 4.69) is 48.9 Å². The maximum absolute atomic E-state index is 2.19. The van der Waals surface area contributed by atoms with E-state index in [4.69, 9.17) is 0 Å². The van der Waals surface area contributed by atoms with E-state index < -0.39 is 0 Å². The van der Waals surface area contributed by atoms with Crippen molar-refractivity contribution in [1.82, 2.24) is 0 Å². The average Bonchev–Trinajstić information content (AvgIpc) is 2.21. The molecular formula is C12H11S. The highest BCUT2D eigenvalue weighted by molar-refractivity contribution is 8.03.